The molecule has 0 radical (unpaired) electrons. The number of hydrogen-bond acceptors (Lipinski definition) is 4. The van der Waals surface area contributed by atoms with E-state index in [1.165, 1.54) is 0 Å². The van der Waals surface area contributed by atoms with E-state index < -0.39 is 0 Å². The van der Waals surface area contributed by atoms with E-state index in [1.807, 2.05) is 18.8 Å². The van der Waals surface area contributed by atoms with E-state index in [0.717, 1.165) is 15.6 Å². The lowest BCUT2D eigenvalue weighted by Gasteiger charge is -2.06. The van der Waals surface area contributed by atoms with E-state index in [2.05, 4.69) is 0 Å². The Balaban J connectivity index is 4.63. The van der Waals surface area contributed by atoms with Crippen LogP contribution in [0.2, 0.25) is 0 Å². The van der Waals surface area contributed by atoms with E-state index in [0.29, 0.717) is 0 Å². The van der Waals surface area contributed by atoms with Gasteiger partial charge in [-0.05, 0) is 25.7 Å². The minimum Gasteiger partial charge on any atom is -0.295 e. The molecule has 0 N–H and O–H groups in total. The van der Waals surface area contributed by atoms with Gasteiger partial charge in [0, 0.05) is 15.6 Å². The molecule has 0 unspecified atom stereocenters. The van der Waals surface area contributed by atoms with Crippen LogP contribution in [0.3, 0.4) is 0 Å². The highest BCUT2D eigenvalue weighted by Gasteiger charge is 2.09. The number of Topliss-reactive ketones (excluding diaryl/α,β-unsaturated/α-hetero) is 1. The first-order chi connectivity index (χ1) is 5.67. The minimum atomic E-state index is 0.197. The summed E-state index contributed by atoms with van der Waals surface area (Å²) in [5.41, 5.74) is 0.961. The van der Waals surface area contributed by atoms with Crippen LogP contribution in [0.4, 0.5) is 0 Å². The van der Waals surface area contributed by atoms with Crippen molar-refractivity contribution in [2.75, 3.05) is 24.5 Å². The van der Waals surface area contributed by atoms with E-state index in [9.17, 15) is 4.79 Å². The molecule has 0 heterocycles. The first-order valence-electron chi connectivity index (χ1n) is 3.48. The predicted molar refractivity (Wildman–Crippen MR) is 63.1 cm³/mol. The Bertz CT molecular complexity index is 181. The maximum atomic E-state index is 11.2. The molecular formula is C8H14OS3. The number of rotatable bonds is 5. The van der Waals surface area contributed by atoms with Crippen LogP contribution in [0.1, 0.15) is 6.92 Å². The van der Waals surface area contributed by atoms with Gasteiger partial charge in [0.2, 0.25) is 0 Å². The van der Waals surface area contributed by atoms with Gasteiger partial charge in [0.25, 0.3) is 0 Å². The SMILES string of the molecule is CSCC(C(C)=O)=C(SC)SC. The summed E-state index contributed by atoms with van der Waals surface area (Å²) in [6.45, 7) is 1.64. The second-order valence-electron chi connectivity index (χ2n) is 2.16. The third-order valence-corrected chi connectivity index (χ3v) is 4.14. The number of thioether (sulfide) groups is 3. The summed E-state index contributed by atoms with van der Waals surface area (Å²) in [4.78, 5) is 11.2. The summed E-state index contributed by atoms with van der Waals surface area (Å²) in [7, 11) is 0. The number of ketones is 1. The van der Waals surface area contributed by atoms with Gasteiger partial charge in [0.1, 0.15) is 0 Å². The first-order valence-corrected chi connectivity index (χ1v) is 7.32. The fraction of sp³-hybridized carbons (Fsp3) is 0.625. The van der Waals surface area contributed by atoms with Crippen LogP contribution in [0.25, 0.3) is 0 Å². The Morgan fingerprint density at radius 1 is 1.17 bits per heavy atom. The van der Waals surface area contributed by atoms with Crippen molar-refractivity contribution < 1.29 is 4.79 Å². The quantitative estimate of drug-likeness (QED) is 0.665. The fourth-order valence-electron chi connectivity index (χ4n) is 0.778. The standard InChI is InChI=1S/C8H14OS3/c1-6(9)7(5-10-2)8(11-3)12-4/h5H2,1-4H3. The lowest BCUT2D eigenvalue weighted by molar-refractivity contribution is -0.113. The van der Waals surface area contributed by atoms with Crippen LogP contribution in [0.5, 0.6) is 0 Å². The molecule has 1 nitrogen and oxygen atoms in total. The van der Waals surface area contributed by atoms with E-state index in [4.69, 9.17) is 0 Å². The van der Waals surface area contributed by atoms with Gasteiger partial charge in [0.15, 0.2) is 5.78 Å². The summed E-state index contributed by atoms with van der Waals surface area (Å²) in [6.07, 6.45) is 6.03. The zero-order chi connectivity index (χ0) is 9.56. The summed E-state index contributed by atoms with van der Waals surface area (Å²) >= 11 is 5.00. The Hall–Kier alpha value is 0.460. The van der Waals surface area contributed by atoms with Gasteiger partial charge in [-0.3, -0.25) is 4.79 Å². The van der Waals surface area contributed by atoms with E-state index >= 15 is 0 Å². The molecule has 0 aromatic heterocycles. The molecule has 12 heavy (non-hydrogen) atoms. The molecule has 0 fully saturated rings. The Morgan fingerprint density at radius 3 is 1.92 bits per heavy atom. The summed E-state index contributed by atoms with van der Waals surface area (Å²) < 4.78 is 1.15. The molecule has 0 aliphatic rings. The number of carbonyl (C=O) groups excluding carboxylic acids is 1. The van der Waals surface area contributed by atoms with Gasteiger partial charge in [-0.2, -0.15) is 11.8 Å². The lowest BCUT2D eigenvalue weighted by atomic mass is 10.2. The summed E-state index contributed by atoms with van der Waals surface area (Å²) in [5, 5.41) is 0. The van der Waals surface area contributed by atoms with Crippen LogP contribution >= 0.6 is 35.3 Å². The largest absolute Gasteiger partial charge is 0.295 e. The molecule has 0 amide bonds. The Labute approximate surface area is 87.1 Å². The molecule has 0 saturated carbocycles. The van der Waals surface area contributed by atoms with Crippen molar-refractivity contribution in [1.82, 2.24) is 0 Å². The molecule has 4 heteroatoms. The lowest BCUT2D eigenvalue weighted by Crippen LogP contribution is -2.01. The van der Waals surface area contributed by atoms with Crippen molar-refractivity contribution in [3.8, 4) is 0 Å². The van der Waals surface area contributed by atoms with Gasteiger partial charge in [-0.25, -0.2) is 0 Å². The molecule has 0 spiro atoms. The molecule has 0 rings (SSSR count). The van der Waals surface area contributed by atoms with Crippen molar-refractivity contribution >= 4 is 41.1 Å². The maximum absolute atomic E-state index is 11.2. The molecule has 0 atom stereocenters. The van der Waals surface area contributed by atoms with Gasteiger partial charge in [0.05, 0.1) is 0 Å². The average molecular weight is 222 g/mol. The van der Waals surface area contributed by atoms with Crippen LogP contribution in [-0.4, -0.2) is 30.3 Å². The highest BCUT2D eigenvalue weighted by Crippen LogP contribution is 2.29. The van der Waals surface area contributed by atoms with E-state index in [-0.39, 0.29) is 5.78 Å². The van der Waals surface area contributed by atoms with Crippen LogP contribution in [0, 0.1) is 0 Å². The van der Waals surface area contributed by atoms with Crippen LogP contribution in [0.15, 0.2) is 9.81 Å². The zero-order valence-corrected chi connectivity index (χ0v) is 10.3. The van der Waals surface area contributed by atoms with Crippen LogP contribution in [-0.2, 0) is 4.79 Å². The molecular weight excluding hydrogens is 208 g/mol. The van der Waals surface area contributed by atoms with Crippen molar-refractivity contribution in [2.24, 2.45) is 0 Å². The highest BCUT2D eigenvalue weighted by molar-refractivity contribution is 8.21. The van der Waals surface area contributed by atoms with Crippen molar-refractivity contribution in [1.29, 1.82) is 0 Å². The van der Waals surface area contributed by atoms with Gasteiger partial charge in [-0.15, -0.1) is 23.5 Å². The Kier molecular flexibility index (Phi) is 7.19. The smallest absolute Gasteiger partial charge is 0.158 e. The molecule has 0 aromatic carbocycles. The second-order valence-corrected chi connectivity index (χ2v) is 4.92. The predicted octanol–water partition coefficient (Wildman–Crippen LogP) is 2.88. The monoisotopic (exact) mass is 222 g/mol. The molecule has 0 aliphatic heterocycles. The molecule has 0 aromatic rings. The summed E-state index contributed by atoms with van der Waals surface area (Å²) in [5.74, 6) is 1.02. The summed E-state index contributed by atoms with van der Waals surface area (Å²) in [6, 6.07) is 0. The van der Waals surface area contributed by atoms with Gasteiger partial charge < -0.3 is 0 Å². The molecule has 70 valence electrons. The van der Waals surface area contributed by atoms with Gasteiger partial charge in [-0.1, -0.05) is 0 Å². The third kappa shape index (κ3) is 3.92. The van der Waals surface area contributed by atoms with Crippen molar-refractivity contribution in [3.63, 3.8) is 0 Å². The minimum absolute atomic E-state index is 0.197. The normalized spacial score (nSPS) is 9.67. The third-order valence-electron chi connectivity index (χ3n) is 1.33. The van der Waals surface area contributed by atoms with Gasteiger partial charge >= 0.3 is 0 Å². The Morgan fingerprint density at radius 2 is 1.67 bits per heavy atom. The average Bonchev–Trinajstić information content (AvgIpc) is 2.05. The first kappa shape index (κ1) is 12.5. The molecule has 0 aliphatic carbocycles. The highest BCUT2D eigenvalue weighted by atomic mass is 32.2. The fourth-order valence-corrected chi connectivity index (χ4v) is 3.19. The molecule has 0 saturated heterocycles. The zero-order valence-electron chi connectivity index (χ0n) is 7.84. The van der Waals surface area contributed by atoms with Crippen molar-refractivity contribution in [3.05, 3.63) is 9.81 Å². The second kappa shape index (κ2) is 6.92. The van der Waals surface area contributed by atoms with E-state index in [1.54, 1.807) is 42.2 Å². The number of carbonyl (C=O) groups is 1. The van der Waals surface area contributed by atoms with Crippen LogP contribution < -0.4 is 0 Å². The topological polar surface area (TPSA) is 17.1 Å². The number of hydrogen-bond donors (Lipinski definition) is 0. The molecule has 0 bridgehead atoms. The van der Waals surface area contributed by atoms with Crippen molar-refractivity contribution in [2.45, 2.75) is 6.92 Å². The maximum Gasteiger partial charge on any atom is 0.158 e.